The Balaban J connectivity index is 2.14. The van der Waals surface area contributed by atoms with Crippen LogP contribution in [0.15, 0.2) is 54.6 Å². The summed E-state index contributed by atoms with van der Waals surface area (Å²) >= 11 is 4.82. The smallest absolute Gasteiger partial charge is 0.363 e. The van der Waals surface area contributed by atoms with Crippen molar-refractivity contribution < 1.29 is 28.0 Å². The standard InChI is InChI=1S/C18H14F3N3O4S/c19-18(20,21)17(26)13(15(25)11-4-2-1-3-5-11)14(22-16(29)23-17)10-6-8-12(9-7-10)24(27)28/h1-9,13-14,26H,(H2,22,23,29)/t13-,14-,17+/m1/s1. The molecule has 0 bridgehead atoms. The van der Waals surface area contributed by atoms with Gasteiger partial charge in [0.25, 0.3) is 5.69 Å². The zero-order chi connectivity index (χ0) is 21.4. The molecule has 2 aromatic rings. The van der Waals surface area contributed by atoms with Crippen LogP contribution >= 0.6 is 12.2 Å². The van der Waals surface area contributed by atoms with Crippen LogP contribution in [-0.4, -0.2) is 32.8 Å². The van der Waals surface area contributed by atoms with Gasteiger partial charge in [-0.2, -0.15) is 13.2 Å². The first-order valence-electron chi connectivity index (χ1n) is 8.26. The SMILES string of the molecule is O=C(c1ccccc1)[C@H]1[C@@H](c2ccc([N+](=O)[O-])cc2)NC(=S)N[C@@]1(O)C(F)(F)F. The number of alkyl halides is 3. The molecule has 1 aliphatic rings. The first-order valence-corrected chi connectivity index (χ1v) is 8.67. The Morgan fingerprint density at radius 3 is 2.24 bits per heavy atom. The predicted octanol–water partition coefficient (Wildman–Crippen LogP) is 2.86. The topological polar surface area (TPSA) is 104 Å². The van der Waals surface area contributed by atoms with Crippen LogP contribution in [0.5, 0.6) is 0 Å². The van der Waals surface area contributed by atoms with E-state index in [9.17, 15) is 33.2 Å². The highest BCUT2D eigenvalue weighted by Gasteiger charge is 2.65. The average Bonchev–Trinajstić information content (AvgIpc) is 2.67. The highest BCUT2D eigenvalue weighted by atomic mass is 32.1. The van der Waals surface area contributed by atoms with Crippen molar-refractivity contribution in [2.24, 2.45) is 5.92 Å². The predicted molar refractivity (Wildman–Crippen MR) is 100.0 cm³/mol. The Morgan fingerprint density at radius 1 is 1.14 bits per heavy atom. The number of hydrogen-bond donors (Lipinski definition) is 3. The van der Waals surface area contributed by atoms with Crippen molar-refractivity contribution in [3.05, 3.63) is 75.8 Å². The first kappa shape index (κ1) is 20.7. The van der Waals surface area contributed by atoms with Crippen LogP contribution in [0.3, 0.4) is 0 Å². The molecule has 29 heavy (non-hydrogen) atoms. The number of nitrogens with zero attached hydrogens (tertiary/aromatic N) is 1. The van der Waals surface area contributed by atoms with Crippen molar-refractivity contribution in [1.82, 2.24) is 10.6 Å². The zero-order valence-electron chi connectivity index (χ0n) is 14.5. The summed E-state index contributed by atoms with van der Waals surface area (Å²) in [4.78, 5) is 23.2. The normalized spacial score (nSPS) is 24.3. The summed E-state index contributed by atoms with van der Waals surface area (Å²) in [6.45, 7) is 0. The van der Waals surface area contributed by atoms with Crippen LogP contribution < -0.4 is 10.6 Å². The number of aliphatic hydroxyl groups is 1. The number of ketones is 1. The van der Waals surface area contributed by atoms with Crippen LogP contribution in [-0.2, 0) is 0 Å². The van der Waals surface area contributed by atoms with Gasteiger partial charge in [-0.05, 0) is 17.8 Å². The van der Waals surface area contributed by atoms with E-state index in [0.717, 1.165) is 12.1 Å². The van der Waals surface area contributed by atoms with Gasteiger partial charge in [-0.15, -0.1) is 0 Å². The minimum absolute atomic E-state index is 0.0384. The first-order chi connectivity index (χ1) is 13.5. The number of carbonyl (C=O) groups is 1. The number of Topliss-reactive ketones (excluding diaryl/α,β-unsaturated/α-hetero) is 1. The van der Waals surface area contributed by atoms with E-state index < -0.39 is 39.7 Å². The molecule has 0 amide bonds. The summed E-state index contributed by atoms with van der Waals surface area (Å²) in [6.07, 6.45) is -5.24. The van der Waals surface area contributed by atoms with Crippen LogP contribution in [0.2, 0.25) is 0 Å². The molecule has 0 spiro atoms. The number of thiocarbonyl (C=S) groups is 1. The van der Waals surface area contributed by atoms with Gasteiger partial charge in [-0.1, -0.05) is 42.5 Å². The highest BCUT2D eigenvalue weighted by molar-refractivity contribution is 7.80. The lowest BCUT2D eigenvalue weighted by molar-refractivity contribution is -0.384. The lowest BCUT2D eigenvalue weighted by Gasteiger charge is -2.46. The number of rotatable bonds is 4. The second-order valence-electron chi connectivity index (χ2n) is 6.40. The van der Waals surface area contributed by atoms with E-state index in [-0.39, 0.29) is 16.8 Å². The van der Waals surface area contributed by atoms with Crippen molar-refractivity contribution >= 4 is 28.8 Å². The lowest BCUT2D eigenvalue weighted by atomic mass is 9.77. The molecule has 1 fully saturated rings. The maximum absolute atomic E-state index is 13.8. The average molecular weight is 425 g/mol. The third kappa shape index (κ3) is 3.78. The Labute approximate surface area is 167 Å². The van der Waals surface area contributed by atoms with E-state index in [1.165, 1.54) is 36.4 Å². The third-order valence-electron chi connectivity index (χ3n) is 4.61. The molecule has 0 aliphatic carbocycles. The Kier molecular flexibility index (Phi) is 5.28. The Bertz CT molecular complexity index is 953. The number of nitrogens with one attached hydrogen (secondary N) is 2. The van der Waals surface area contributed by atoms with Crippen molar-refractivity contribution in [1.29, 1.82) is 0 Å². The molecule has 3 atom stereocenters. The van der Waals surface area contributed by atoms with E-state index >= 15 is 0 Å². The van der Waals surface area contributed by atoms with Gasteiger partial charge in [-0.3, -0.25) is 14.9 Å². The molecular formula is C18H14F3N3O4S. The maximum Gasteiger partial charge on any atom is 0.437 e. The van der Waals surface area contributed by atoms with E-state index in [0.29, 0.717) is 0 Å². The summed E-state index contributed by atoms with van der Waals surface area (Å²) in [5.74, 6) is -3.03. The fraction of sp³-hybridized carbons (Fsp3) is 0.222. The minimum atomic E-state index is -5.24. The molecule has 2 aromatic carbocycles. The molecule has 0 radical (unpaired) electrons. The second kappa shape index (κ2) is 7.41. The van der Waals surface area contributed by atoms with Crippen LogP contribution in [0.25, 0.3) is 0 Å². The van der Waals surface area contributed by atoms with Gasteiger partial charge >= 0.3 is 6.18 Å². The second-order valence-corrected chi connectivity index (χ2v) is 6.81. The largest absolute Gasteiger partial charge is 0.437 e. The summed E-state index contributed by atoms with van der Waals surface area (Å²) in [5, 5.41) is 25.3. The van der Waals surface area contributed by atoms with Crippen molar-refractivity contribution in [3.8, 4) is 0 Å². The summed E-state index contributed by atoms with van der Waals surface area (Å²) in [5.41, 5.74) is -3.84. The number of nitro benzene ring substituents is 1. The van der Waals surface area contributed by atoms with E-state index in [1.807, 2.05) is 0 Å². The van der Waals surface area contributed by atoms with Gasteiger partial charge in [0.05, 0.1) is 11.0 Å². The van der Waals surface area contributed by atoms with Gasteiger partial charge in [-0.25, -0.2) is 0 Å². The summed E-state index contributed by atoms with van der Waals surface area (Å²) < 4.78 is 41.5. The Morgan fingerprint density at radius 2 is 1.72 bits per heavy atom. The van der Waals surface area contributed by atoms with Crippen molar-refractivity contribution in [2.75, 3.05) is 0 Å². The van der Waals surface area contributed by atoms with Crippen molar-refractivity contribution in [2.45, 2.75) is 17.9 Å². The summed E-state index contributed by atoms with van der Waals surface area (Å²) in [7, 11) is 0. The zero-order valence-corrected chi connectivity index (χ0v) is 15.3. The van der Waals surface area contributed by atoms with Crippen LogP contribution in [0.1, 0.15) is 22.0 Å². The maximum atomic E-state index is 13.8. The molecule has 1 heterocycles. The number of benzene rings is 2. The number of halogens is 3. The molecule has 3 rings (SSSR count). The molecule has 0 saturated carbocycles. The number of nitro groups is 1. The molecule has 7 nitrogen and oxygen atoms in total. The molecular weight excluding hydrogens is 411 g/mol. The van der Waals surface area contributed by atoms with Crippen molar-refractivity contribution in [3.63, 3.8) is 0 Å². The highest BCUT2D eigenvalue weighted by Crippen LogP contribution is 2.44. The molecule has 1 aliphatic heterocycles. The fourth-order valence-corrected chi connectivity index (χ4v) is 3.48. The molecule has 1 saturated heterocycles. The van der Waals surface area contributed by atoms with Gasteiger partial charge in [0.1, 0.15) is 5.92 Å². The van der Waals surface area contributed by atoms with Crippen LogP contribution in [0, 0.1) is 16.0 Å². The minimum Gasteiger partial charge on any atom is -0.363 e. The molecule has 3 N–H and O–H groups in total. The molecule has 0 unspecified atom stereocenters. The van der Waals surface area contributed by atoms with E-state index in [4.69, 9.17) is 12.2 Å². The van der Waals surface area contributed by atoms with Gasteiger partial charge < -0.3 is 15.7 Å². The molecule has 11 heteroatoms. The number of carbonyl (C=O) groups excluding carboxylic acids is 1. The van der Waals surface area contributed by atoms with E-state index in [2.05, 4.69) is 5.32 Å². The molecule has 152 valence electrons. The lowest BCUT2D eigenvalue weighted by Crippen LogP contribution is -2.72. The van der Waals surface area contributed by atoms with Crippen LogP contribution in [0.4, 0.5) is 18.9 Å². The number of hydrogen-bond acceptors (Lipinski definition) is 5. The third-order valence-corrected chi connectivity index (χ3v) is 4.83. The monoisotopic (exact) mass is 425 g/mol. The van der Waals surface area contributed by atoms with Gasteiger partial charge in [0.2, 0.25) is 5.72 Å². The molecule has 0 aromatic heterocycles. The fourth-order valence-electron chi connectivity index (χ4n) is 3.20. The van der Waals surface area contributed by atoms with Gasteiger partial charge in [0.15, 0.2) is 10.9 Å². The van der Waals surface area contributed by atoms with E-state index in [1.54, 1.807) is 11.4 Å². The quantitative estimate of drug-likeness (QED) is 0.299. The number of non-ortho nitro benzene ring substituents is 1. The Hall–Kier alpha value is -3.05. The van der Waals surface area contributed by atoms with Gasteiger partial charge in [0, 0.05) is 17.7 Å². The summed E-state index contributed by atoms with van der Waals surface area (Å²) in [6, 6.07) is 10.5.